The van der Waals surface area contributed by atoms with Gasteiger partial charge < -0.3 is 9.90 Å². The third kappa shape index (κ3) is 5.09. The molecule has 4 nitrogen and oxygen atoms in total. The molecular weight excluding hydrogens is 563 g/mol. The van der Waals surface area contributed by atoms with Gasteiger partial charge in [0.15, 0.2) is 6.04 Å². The molecule has 5 aromatic carbocycles. The fourth-order valence-corrected chi connectivity index (χ4v) is 6.31. The zero-order valence-corrected chi connectivity index (χ0v) is 24.2. The molecule has 0 bridgehead atoms. The molecule has 0 aliphatic carbocycles. The van der Waals surface area contributed by atoms with Crippen molar-refractivity contribution in [3.63, 3.8) is 0 Å². The third-order valence-corrected chi connectivity index (χ3v) is 8.36. The maximum Gasteiger partial charge on any atom is 0.281 e. The number of hydrogen-bond donors (Lipinski definition) is 0. The topological polar surface area (TPSA) is 46.4 Å². The summed E-state index contributed by atoms with van der Waals surface area (Å²) in [5, 5.41) is 15.1. The zero-order chi connectivity index (χ0) is 29.1. The van der Waals surface area contributed by atoms with Crippen LogP contribution in [-0.2, 0) is 23.4 Å². The molecule has 2 atom stereocenters. The van der Waals surface area contributed by atoms with Crippen LogP contribution in [0.4, 0.5) is 0 Å². The smallest absolute Gasteiger partial charge is 0.281 e. The van der Waals surface area contributed by atoms with Gasteiger partial charge in [0.05, 0.1) is 11.5 Å². The molecule has 6 heteroatoms. The summed E-state index contributed by atoms with van der Waals surface area (Å²) < 4.78 is 2.20. The maximum atomic E-state index is 14.0. The Morgan fingerprint density at radius 2 is 1.19 bits per heavy atom. The Hall–Kier alpha value is -4.38. The lowest BCUT2D eigenvalue weighted by Crippen LogP contribution is -2.59. The molecule has 2 unspecified atom stereocenters. The fraction of sp³-hybridized carbons (Fsp3) is 0.111. The Kier molecular flexibility index (Phi) is 7.84. The predicted octanol–water partition coefficient (Wildman–Crippen LogP) is 6.86. The Labute approximate surface area is 255 Å². The van der Waals surface area contributed by atoms with Crippen LogP contribution in [0.1, 0.15) is 33.9 Å². The molecule has 0 amide bonds. The van der Waals surface area contributed by atoms with E-state index in [0.717, 1.165) is 28.1 Å². The molecule has 0 fully saturated rings. The molecule has 1 aliphatic rings. The van der Waals surface area contributed by atoms with Crippen molar-refractivity contribution in [3.05, 3.63) is 177 Å². The second-order valence-electron chi connectivity index (χ2n) is 10.4. The van der Waals surface area contributed by atoms with Crippen LogP contribution in [0.5, 0.6) is 0 Å². The lowest BCUT2D eigenvalue weighted by Gasteiger charge is -2.39. The van der Waals surface area contributed by atoms with Gasteiger partial charge in [-0.15, -0.1) is 0 Å². The Balaban J connectivity index is 1.72. The standard InChI is InChI=1S/C36H28Cl2N2O2/c37-31-20-16-28(17-21-31)33-36(35(41)42,30-18-22-32(38)23-19-30)40(25-27-12-6-2-7-13-27)34(29-14-8-3-9-15-29)39(33)24-26-10-4-1-5-11-26/h1-23,33H,24-25H2. The first-order valence-electron chi connectivity index (χ1n) is 13.8. The van der Waals surface area contributed by atoms with Crippen molar-refractivity contribution in [3.8, 4) is 0 Å². The molecule has 0 aromatic heterocycles. The van der Waals surface area contributed by atoms with Crippen LogP contribution in [0.15, 0.2) is 140 Å². The number of aliphatic carboxylic acids is 1. The molecule has 42 heavy (non-hydrogen) atoms. The highest BCUT2D eigenvalue weighted by Crippen LogP contribution is 2.49. The van der Waals surface area contributed by atoms with Crippen molar-refractivity contribution in [2.75, 3.05) is 0 Å². The van der Waals surface area contributed by atoms with Crippen molar-refractivity contribution >= 4 is 35.0 Å². The van der Waals surface area contributed by atoms with E-state index in [9.17, 15) is 9.90 Å². The largest absolute Gasteiger partial charge is 0.545 e. The van der Waals surface area contributed by atoms with Crippen molar-refractivity contribution in [2.24, 2.45) is 0 Å². The van der Waals surface area contributed by atoms with Gasteiger partial charge in [-0.1, -0.05) is 126 Å². The van der Waals surface area contributed by atoms with E-state index in [1.165, 1.54) is 0 Å². The summed E-state index contributed by atoms with van der Waals surface area (Å²) >= 11 is 12.7. The van der Waals surface area contributed by atoms with Crippen LogP contribution in [0.25, 0.3) is 0 Å². The van der Waals surface area contributed by atoms with Crippen LogP contribution in [0.2, 0.25) is 10.0 Å². The summed E-state index contributed by atoms with van der Waals surface area (Å²) in [7, 11) is 0. The Bertz CT molecular complexity index is 1710. The average Bonchev–Trinajstić information content (AvgIpc) is 3.29. The highest BCUT2D eigenvalue weighted by atomic mass is 35.5. The van der Waals surface area contributed by atoms with E-state index in [0.29, 0.717) is 28.7 Å². The second-order valence-corrected chi connectivity index (χ2v) is 11.3. The minimum atomic E-state index is -1.63. The summed E-state index contributed by atoms with van der Waals surface area (Å²) in [6.07, 6.45) is 0. The molecule has 1 aliphatic heterocycles. The molecule has 208 valence electrons. The lowest BCUT2D eigenvalue weighted by molar-refractivity contribution is -0.587. The second kappa shape index (κ2) is 11.8. The van der Waals surface area contributed by atoms with Gasteiger partial charge in [-0.05, 0) is 47.5 Å². The van der Waals surface area contributed by atoms with Gasteiger partial charge in [-0.3, -0.25) is 0 Å². The van der Waals surface area contributed by atoms with Gasteiger partial charge in [0.25, 0.3) is 5.84 Å². The molecular formula is C36H28Cl2N2O2. The number of carbonyl (C=O) groups excluding carboxylic acids is 1. The van der Waals surface area contributed by atoms with E-state index >= 15 is 0 Å². The van der Waals surface area contributed by atoms with Gasteiger partial charge in [0.1, 0.15) is 13.1 Å². The van der Waals surface area contributed by atoms with E-state index in [4.69, 9.17) is 23.2 Å². The van der Waals surface area contributed by atoms with Crippen LogP contribution in [-0.4, -0.2) is 21.3 Å². The first kappa shape index (κ1) is 27.8. The quantitative estimate of drug-likeness (QED) is 0.186. The van der Waals surface area contributed by atoms with Crippen LogP contribution < -0.4 is 5.11 Å². The highest BCUT2D eigenvalue weighted by Gasteiger charge is 2.63. The fourth-order valence-electron chi connectivity index (χ4n) is 6.06. The predicted molar refractivity (Wildman–Crippen MR) is 165 cm³/mol. The minimum absolute atomic E-state index is 0.330. The van der Waals surface area contributed by atoms with Gasteiger partial charge in [0, 0.05) is 21.2 Å². The summed E-state index contributed by atoms with van der Waals surface area (Å²) in [6.45, 7) is 0.795. The maximum absolute atomic E-state index is 14.0. The molecule has 0 radical (unpaired) electrons. The van der Waals surface area contributed by atoms with Gasteiger partial charge in [0.2, 0.25) is 5.54 Å². The van der Waals surface area contributed by atoms with E-state index in [1.54, 1.807) is 24.3 Å². The van der Waals surface area contributed by atoms with Crippen LogP contribution >= 0.6 is 23.2 Å². The lowest BCUT2D eigenvalue weighted by atomic mass is 9.78. The van der Waals surface area contributed by atoms with Crippen LogP contribution in [0.3, 0.4) is 0 Å². The molecule has 0 saturated heterocycles. The van der Waals surface area contributed by atoms with Gasteiger partial charge in [-0.25, -0.2) is 9.48 Å². The summed E-state index contributed by atoms with van der Waals surface area (Å²) in [4.78, 5) is 16.0. The van der Waals surface area contributed by atoms with Gasteiger partial charge >= 0.3 is 0 Å². The highest BCUT2D eigenvalue weighted by molar-refractivity contribution is 6.30. The minimum Gasteiger partial charge on any atom is -0.545 e. The number of nitrogens with zero attached hydrogens (tertiary/aromatic N) is 2. The number of carbonyl (C=O) groups is 1. The molecule has 5 aromatic rings. The monoisotopic (exact) mass is 590 g/mol. The molecule has 0 spiro atoms. The summed E-state index contributed by atoms with van der Waals surface area (Å²) in [6, 6.07) is 43.8. The number of halogens is 2. The molecule has 0 saturated carbocycles. The molecule has 6 rings (SSSR count). The number of carboxylic acid groups (broad SMARTS) is 1. The number of amidine groups is 1. The van der Waals surface area contributed by atoms with Crippen molar-refractivity contribution in [1.82, 2.24) is 4.90 Å². The normalized spacial score (nSPS) is 18.3. The number of benzene rings is 5. The summed E-state index contributed by atoms with van der Waals surface area (Å²) in [5.41, 5.74) is 2.68. The Morgan fingerprint density at radius 1 is 0.690 bits per heavy atom. The van der Waals surface area contributed by atoms with E-state index in [2.05, 4.69) is 16.7 Å². The van der Waals surface area contributed by atoms with Gasteiger partial charge in [-0.2, -0.15) is 0 Å². The first-order valence-corrected chi connectivity index (χ1v) is 14.5. The average molecular weight is 592 g/mol. The number of rotatable bonds is 8. The summed E-state index contributed by atoms with van der Waals surface area (Å²) in [5.74, 6) is -0.410. The van der Waals surface area contributed by atoms with Crippen molar-refractivity contribution in [2.45, 2.75) is 24.7 Å². The number of carboxylic acids is 1. The molecule has 1 heterocycles. The first-order chi connectivity index (χ1) is 20.5. The Morgan fingerprint density at radius 3 is 1.74 bits per heavy atom. The third-order valence-electron chi connectivity index (χ3n) is 7.85. The molecule has 0 N–H and O–H groups in total. The SMILES string of the molecule is O=C([O-])C1(c2ccc(Cl)cc2)C(c2ccc(Cl)cc2)[N+](Cc2ccccc2)=C(c2ccccc2)N1Cc1ccccc1. The van der Waals surface area contributed by atoms with Crippen molar-refractivity contribution < 1.29 is 14.5 Å². The van der Waals surface area contributed by atoms with E-state index in [1.807, 2.05) is 108 Å². The zero-order valence-electron chi connectivity index (χ0n) is 22.7. The van der Waals surface area contributed by atoms with Crippen LogP contribution in [0, 0.1) is 0 Å². The van der Waals surface area contributed by atoms with E-state index < -0.39 is 17.6 Å². The van der Waals surface area contributed by atoms with Crippen molar-refractivity contribution in [1.29, 1.82) is 0 Å². The van der Waals surface area contributed by atoms with E-state index in [-0.39, 0.29) is 0 Å². The number of hydrogen-bond acceptors (Lipinski definition) is 3.